The predicted octanol–water partition coefficient (Wildman–Crippen LogP) is 1.07. The zero-order valence-corrected chi connectivity index (χ0v) is 8.70. The number of primary amides is 2. The van der Waals surface area contributed by atoms with Crippen LogP contribution in [0.15, 0.2) is 24.3 Å². The van der Waals surface area contributed by atoms with Crippen molar-refractivity contribution in [1.29, 1.82) is 0 Å². The number of hydrogen-bond donors (Lipinski definition) is 3. The number of amides is 2. The van der Waals surface area contributed by atoms with Gasteiger partial charge < -0.3 is 21.9 Å². The van der Waals surface area contributed by atoms with E-state index in [9.17, 15) is 13.2 Å². The number of halogens is 3. The summed E-state index contributed by atoms with van der Waals surface area (Å²) in [5.41, 5.74) is 14.5. The van der Waals surface area contributed by atoms with Crippen LogP contribution in [-0.4, -0.2) is 12.4 Å². The fourth-order valence-corrected chi connectivity index (χ4v) is 0.827. The summed E-state index contributed by atoms with van der Waals surface area (Å²) in [7, 11) is 0. The highest BCUT2D eigenvalue weighted by Gasteiger charge is 2.30. The maximum atomic E-state index is 11.7. The van der Waals surface area contributed by atoms with Crippen molar-refractivity contribution in [2.24, 2.45) is 17.2 Å². The molecule has 0 aliphatic rings. The van der Waals surface area contributed by atoms with Crippen molar-refractivity contribution in [3.05, 3.63) is 29.8 Å². The Morgan fingerprint density at radius 1 is 1.18 bits per heavy atom. The summed E-state index contributed by atoms with van der Waals surface area (Å²) in [6, 6.07) is 4.60. The zero-order valence-electron chi connectivity index (χ0n) is 8.70. The number of urea groups is 1. The summed E-state index contributed by atoms with van der Waals surface area (Å²) in [5, 5.41) is 0. The van der Waals surface area contributed by atoms with Crippen LogP contribution in [-0.2, 0) is 6.54 Å². The molecule has 0 saturated heterocycles. The molecule has 0 aromatic heterocycles. The van der Waals surface area contributed by atoms with Gasteiger partial charge in [-0.2, -0.15) is 0 Å². The average Bonchev–Trinajstić information content (AvgIpc) is 2.15. The van der Waals surface area contributed by atoms with Gasteiger partial charge in [0.15, 0.2) is 0 Å². The number of alkyl halides is 3. The van der Waals surface area contributed by atoms with Crippen LogP contribution in [0.5, 0.6) is 5.75 Å². The lowest BCUT2D eigenvalue weighted by Gasteiger charge is -2.08. The van der Waals surface area contributed by atoms with E-state index in [0.29, 0.717) is 6.54 Å². The van der Waals surface area contributed by atoms with E-state index in [1.807, 2.05) is 0 Å². The number of hydrogen-bond acceptors (Lipinski definition) is 3. The van der Waals surface area contributed by atoms with Crippen LogP contribution in [0.2, 0.25) is 0 Å². The standard InChI is InChI=1S/C8H8F3NO.CH4N2O/c9-8(10,11)13-7-3-1-6(5-12)2-4-7;2-1(3)4/h1-4H,5,12H2;(H4,2,3,4). The summed E-state index contributed by atoms with van der Waals surface area (Å²) in [6.45, 7) is 0.298. The Morgan fingerprint density at radius 3 is 1.88 bits per heavy atom. The monoisotopic (exact) mass is 251 g/mol. The Morgan fingerprint density at radius 2 is 1.59 bits per heavy atom. The molecule has 0 bridgehead atoms. The summed E-state index contributed by atoms with van der Waals surface area (Å²) in [5.74, 6) is -0.232. The fraction of sp³-hybridized carbons (Fsp3) is 0.222. The second-order valence-corrected chi connectivity index (χ2v) is 2.80. The number of nitrogens with two attached hydrogens (primary N) is 3. The minimum absolute atomic E-state index is 0.232. The number of rotatable bonds is 2. The quantitative estimate of drug-likeness (QED) is 0.732. The molecule has 0 aliphatic carbocycles. The molecule has 6 N–H and O–H groups in total. The van der Waals surface area contributed by atoms with Gasteiger partial charge in [0.05, 0.1) is 0 Å². The largest absolute Gasteiger partial charge is 0.573 e. The van der Waals surface area contributed by atoms with Crippen LogP contribution < -0.4 is 21.9 Å². The highest BCUT2D eigenvalue weighted by atomic mass is 19.4. The van der Waals surface area contributed by atoms with Crippen molar-refractivity contribution < 1.29 is 22.7 Å². The first-order valence-electron chi connectivity index (χ1n) is 4.34. The minimum Gasteiger partial charge on any atom is -0.406 e. The molecule has 0 fully saturated rings. The highest BCUT2D eigenvalue weighted by molar-refractivity contribution is 5.69. The van der Waals surface area contributed by atoms with Crippen LogP contribution in [0.3, 0.4) is 0 Å². The Hall–Kier alpha value is -1.96. The van der Waals surface area contributed by atoms with E-state index < -0.39 is 12.4 Å². The molecule has 0 atom stereocenters. The van der Waals surface area contributed by atoms with Gasteiger partial charge in [-0.3, -0.25) is 0 Å². The lowest BCUT2D eigenvalue weighted by molar-refractivity contribution is -0.274. The molecule has 1 aromatic carbocycles. The number of carbonyl (C=O) groups excluding carboxylic acids is 1. The van der Waals surface area contributed by atoms with E-state index >= 15 is 0 Å². The van der Waals surface area contributed by atoms with Gasteiger partial charge in [0.2, 0.25) is 0 Å². The first-order chi connectivity index (χ1) is 7.74. The molecule has 5 nitrogen and oxygen atoms in total. The van der Waals surface area contributed by atoms with Gasteiger partial charge >= 0.3 is 12.4 Å². The Kier molecular flexibility index (Phi) is 5.83. The Bertz CT molecular complexity index is 347. The molecule has 2 amide bonds. The normalized spacial score (nSPS) is 10.1. The van der Waals surface area contributed by atoms with Crippen molar-refractivity contribution in [3.63, 3.8) is 0 Å². The van der Waals surface area contributed by atoms with Gasteiger partial charge in [-0.15, -0.1) is 13.2 Å². The van der Waals surface area contributed by atoms with E-state index in [-0.39, 0.29) is 5.75 Å². The van der Waals surface area contributed by atoms with Crippen LogP contribution in [0.25, 0.3) is 0 Å². The lowest BCUT2D eigenvalue weighted by atomic mass is 10.2. The Labute approximate surface area is 95.3 Å². The highest BCUT2D eigenvalue weighted by Crippen LogP contribution is 2.22. The van der Waals surface area contributed by atoms with E-state index in [0.717, 1.165) is 5.56 Å². The third-order valence-corrected chi connectivity index (χ3v) is 1.39. The van der Waals surface area contributed by atoms with Crippen molar-refractivity contribution in [3.8, 4) is 5.75 Å². The van der Waals surface area contributed by atoms with Crippen molar-refractivity contribution in [2.75, 3.05) is 0 Å². The number of benzene rings is 1. The molecule has 1 rings (SSSR count). The van der Waals surface area contributed by atoms with Gasteiger partial charge in [-0.1, -0.05) is 12.1 Å². The first kappa shape index (κ1) is 15.0. The lowest BCUT2D eigenvalue weighted by Crippen LogP contribution is -2.18. The maximum Gasteiger partial charge on any atom is 0.573 e. The molecule has 0 radical (unpaired) electrons. The first-order valence-corrected chi connectivity index (χ1v) is 4.34. The molecule has 0 heterocycles. The van der Waals surface area contributed by atoms with Gasteiger partial charge in [-0.05, 0) is 17.7 Å². The number of carbonyl (C=O) groups is 1. The van der Waals surface area contributed by atoms with Crippen molar-refractivity contribution >= 4 is 6.03 Å². The predicted molar refractivity (Wildman–Crippen MR) is 54.8 cm³/mol. The van der Waals surface area contributed by atoms with E-state index in [1.54, 1.807) is 0 Å². The molecular weight excluding hydrogens is 239 g/mol. The zero-order chi connectivity index (χ0) is 13.5. The van der Waals surface area contributed by atoms with E-state index in [2.05, 4.69) is 16.2 Å². The van der Waals surface area contributed by atoms with Crippen LogP contribution in [0.1, 0.15) is 5.56 Å². The van der Waals surface area contributed by atoms with Gasteiger partial charge in [0.1, 0.15) is 5.75 Å². The van der Waals surface area contributed by atoms with E-state index in [4.69, 9.17) is 10.5 Å². The Balaban J connectivity index is 0.000000557. The molecule has 0 saturated carbocycles. The third-order valence-electron chi connectivity index (χ3n) is 1.39. The minimum atomic E-state index is -4.63. The summed E-state index contributed by atoms with van der Waals surface area (Å²) in [4.78, 5) is 9.00. The number of ether oxygens (including phenoxy) is 1. The van der Waals surface area contributed by atoms with Gasteiger partial charge in [0.25, 0.3) is 0 Å². The fourth-order valence-electron chi connectivity index (χ4n) is 0.827. The molecule has 0 unspecified atom stereocenters. The van der Waals surface area contributed by atoms with Gasteiger partial charge in [-0.25, -0.2) is 4.79 Å². The average molecular weight is 251 g/mol. The molecule has 0 aliphatic heterocycles. The summed E-state index contributed by atoms with van der Waals surface area (Å²) < 4.78 is 38.7. The summed E-state index contributed by atoms with van der Waals surface area (Å²) >= 11 is 0. The second-order valence-electron chi connectivity index (χ2n) is 2.80. The molecule has 0 spiro atoms. The SMILES string of the molecule is NC(N)=O.NCc1ccc(OC(F)(F)F)cc1. The van der Waals surface area contributed by atoms with Gasteiger partial charge in [0, 0.05) is 6.54 Å². The molecule has 8 heteroatoms. The molecule has 1 aromatic rings. The topological polar surface area (TPSA) is 104 Å². The molecule has 17 heavy (non-hydrogen) atoms. The maximum absolute atomic E-state index is 11.7. The van der Waals surface area contributed by atoms with Crippen LogP contribution >= 0.6 is 0 Å². The molecule has 96 valence electrons. The van der Waals surface area contributed by atoms with Crippen molar-refractivity contribution in [1.82, 2.24) is 0 Å². The molecular formula is C9H12F3N3O2. The van der Waals surface area contributed by atoms with E-state index in [1.165, 1.54) is 24.3 Å². The third kappa shape index (κ3) is 9.00. The summed E-state index contributed by atoms with van der Waals surface area (Å²) in [6.07, 6.45) is -4.63. The van der Waals surface area contributed by atoms with Crippen molar-refractivity contribution in [2.45, 2.75) is 12.9 Å². The van der Waals surface area contributed by atoms with Crippen LogP contribution in [0.4, 0.5) is 18.0 Å². The smallest absolute Gasteiger partial charge is 0.406 e. The van der Waals surface area contributed by atoms with Crippen LogP contribution in [0, 0.1) is 0 Å². The second kappa shape index (κ2) is 6.59.